The van der Waals surface area contributed by atoms with E-state index in [2.05, 4.69) is 123 Å². The molecular weight excluding hydrogens is 726 g/mol. The molecule has 2 aliphatic carbocycles. The van der Waals surface area contributed by atoms with E-state index in [-0.39, 0.29) is 31.9 Å². The van der Waals surface area contributed by atoms with Crippen molar-refractivity contribution in [1.82, 2.24) is 0 Å². The Morgan fingerprint density at radius 2 is 0.830 bits per heavy atom. The molecule has 3 atom stereocenters. The van der Waals surface area contributed by atoms with E-state index < -0.39 is 15.8 Å². The van der Waals surface area contributed by atoms with E-state index >= 15 is 0 Å². The summed E-state index contributed by atoms with van der Waals surface area (Å²) in [5.74, 6) is 2.66. The third-order valence-electron chi connectivity index (χ3n) is 11.0. The van der Waals surface area contributed by atoms with Crippen molar-refractivity contribution in [3.05, 3.63) is 120 Å². The maximum atomic E-state index is 5.83. The van der Waals surface area contributed by atoms with E-state index in [0.29, 0.717) is 17.2 Å². The molecule has 2 nitrogen and oxygen atoms in total. The molecule has 0 heterocycles. The van der Waals surface area contributed by atoms with Crippen LogP contribution in [0, 0.1) is 76.2 Å². The number of methoxy groups -OCH3 is 2. The van der Waals surface area contributed by atoms with E-state index in [4.69, 9.17) is 9.47 Å². The molecule has 4 aromatic carbocycles. The number of aryl methyl sites for hydroxylation is 8. The monoisotopic (exact) mass is 794 g/mol. The molecule has 3 unspecified atom stereocenters. The molecule has 4 aromatic rings. The second kappa shape index (κ2) is 21.2. The van der Waals surface area contributed by atoms with Gasteiger partial charge in [-0.15, -0.1) is 0 Å². The van der Waals surface area contributed by atoms with Gasteiger partial charge in [-0.2, -0.15) is 0 Å². The van der Waals surface area contributed by atoms with Crippen LogP contribution < -0.4 is 30.7 Å². The van der Waals surface area contributed by atoms with E-state index in [1.807, 2.05) is 0 Å². The van der Waals surface area contributed by atoms with Gasteiger partial charge < -0.3 is 24.3 Å². The first-order valence-corrected chi connectivity index (χ1v) is 21.8. The van der Waals surface area contributed by atoms with E-state index in [1.165, 1.54) is 117 Å². The zero-order valence-electron chi connectivity index (χ0n) is 35.2. The molecule has 2 aliphatic rings. The average Bonchev–Trinajstić information content (AvgIpc) is 3.77. The van der Waals surface area contributed by atoms with Crippen molar-refractivity contribution >= 4 is 37.1 Å². The quantitative estimate of drug-likeness (QED) is 0.0954. The second-order valence-electron chi connectivity index (χ2n) is 15.3. The molecule has 6 rings (SSSR count). The van der Waals surface area contributed by atoms with Crippen molar-refractivity contribution < 1.29 is 26.5 Å². The molecule has 0 aliphatic heterocycles. The molecule has 0 N–H and O–H groups in total. The Kier molecular flexibility index (Phi) is 18.8. The van der Waals surface area contributed by atoms with Crippen LogP contribution in [0.2, 0.25) is 0 Å². The molecule has 5 heteroatoms. The summed E-state index contributed by atoms with van der Waals surface area (Å²) in [5.41, 5.74) is 11.6. The van der Waals surface area contributed by atoms with Crippen LogP contribution in [0.25, 0.3) is 0 Å². The fourth-order valence-electron chi connectivity index (χ4n) is 9.04. The third kappa shape index (κ3) is 11.2. The van der Waals surface area contributed by atoms with Gasteiger partial charge in [-0.05, 0) is 169 Å². The van der Waals surface area contributed by atoms with Crippen molar-refractivity contribution in [2.24, 2.45) is 5.92 Å². The zero-order chi connectivity index (χ0) is 36.1. The molecule has 0 saturated heterocycles. The minimum absolute atomic E-state index is 0. The average molecular weight is 795 g/mol. The first kappa shape index (κ1) is 47.0. The van der Waals surface area contributed by atoms with Gasteiger partial charge in [-0.25, -0.2) is 0 Å². The van der Waals surface area contributed by atoms with Gasteiger partial charge in [0.1, 0.15) is 11.5 Å². The summed E-state index contributed by atoms with van der Waals surface area (Å²) in [4.78, 5) is 0. The van der Waals surface area contributed by atoms with Gasteiger partial charge in [-0.1, -0.05) is 104 Å². The van der Waals surface area contributed by atoms with Gasteiger partial charge in [0.25, 0.3) is 0 Å². The predicted molar refractivity (Wildman–Crippen MR) is 236 cm³/mol. The van der Waals surface area contributed by atoms with Crippen molar-refractivity contribution in [3.63, 3.8) is 0 Å². The number of benzene rings is 4. The molecule has 290 valence electrons. The van der Waals surface area contributed by atoms with Gasteiger partial charge in [0.15, 0.2) is 0 Å². The van der Waals surface area contributed by atoms with Gasteiger partial charge in [0.05, 0.1) is 14.2 Å². The van der Waals surface area contributed by atoms with Gasteiger partial charge in [-0.3, -0.25) is 0 Å². The van der Waals surface area contributed by atoms with Crippen LogP contribution in [-0.4, -0.2) is 25.5 Å². The standard InChI is InChI=1S/C41H52O2P2.C5H10.2CH3.Fe/c1-25-15-26(2)18-34(17-25)44(35-19-27(3)16-28(4)20-35)33(9)38-13-12-14-39(38)45(36-21-29(5)40(42-10)30(6)22-36)37-23-31(7)41(43-11)32(8)24-37;1-2-4-5-3-1;;;/h15-24,33,38-39H,12-14H2,1-11H3;1-5H2;2*1H3;/q;;2*-1;+2. The van der Waals surface area contributed by atoms with Crippen molar-refractivity contribution in [3.8, 4) is 11.5 Å². The summed E-state index contributed by atoms with van der Waals surface area (Å²) in [6.45, 7) is 20.5. The number of hydrogen-bond donors (Lipinski definition) is 0. The van der Waals surface area contributed by atoms with Crippen LogP contribution in [0.15, 0.2) is 60.7 Å². The zero-order valence-corrected chi connectivity index (χ0v) is 38.1. The third-order valence-corrected chi connectivity index (χ3v) is 16.7. The molecule has 0 amide bonds. The van der Waals surface area contributed by atoms with Crippen LogP contribution >= 0.6 is 15.8 Å². The Balaban J connectivity index is 0.00000112. The normalized spacial score (nSPS) is 16.9. The first-order chi connectivity index (χ1) is 23.9. The van der Waals surface area contributed by atoms with E-state index in [9.17, 15) is 0 Å². The van der Waals surface area contributed by atoms with Gasteiger partial charge in [0, 0.05) is 0 Å². The fourth-order valence-corrected chi connectivity index (χ4v) is 16.1. The van der Waals surface area contributed by atoms with Crippen LogP contribution in [0.4, 0.5) is 0 Å². The van der Waals surface area contributed by atoms with Crippen molar-refractivity contribution in [2.75, 3.05) is 14.2 Å². The number of hydrogen-bond acceptors (Lipinski definition) is 2. The van der Waals surface area contributed by atoms with E-state index in [1.54, 1.807) is 14.2 Å². The van der Waals surface area contributed by atoms with Crippen LogP contribution in [0.3, 0.4) is 0 Å². The Morgan fingerprint density at radius 1 is 0.491 bits per heavy atom. The van der Waals surface area contributed by atoms with Gasteiger partial charge in [0.2, 0.25) is 0 Å². The number of rotatable bonds is 9. The fraction of sp³-hybridized carbons (Fsp3) is 0.458. The number of ether oxygens (including phenoxy) is 2. The predicted octanol–water partition coefficient (Wildman–Crippen LogP) is 12.1. The SMILES string of the molecule is C1CCCC1.COc1c(C)cc(P(c2cc(C)c(OC)c(C)c2)C2CCCC2C(C)P(c2cc(C)cc(C)c2)c2cc(C)cc(C)c2)cc1C.[CH3-].[CH3-].[Fe+2]. The summed E-state index contributed by atoms with van der Waals surface area (Å²) < 4.78 is 11.7. The molecular formula is C48H68FeO2P2. The first-order valence-electron chi connectivity index (χ1n) is 19.0. The minimum Gasteiger partial charge on any atom is -0.496 e. The maximum Gasteiger partial charge on any atom is 2.00 e. The van der Waals surface area contributed by atoms with Crippen molar-refractivity contribution in [1.29, 1.82) is 0 Å². The Hall–Kier alpha value is -2.14. The second-order valence-corrected chi connectivity index (χ2v) is 20.4. The molecule has 0 bridgehead atoms. The summed E-state index contributed by atoms with van der Waals surface area (Å²) in [7, 11) is 2.43. The smallest absolute Gasteiger partial charge is 0.496 e. The summed E-state index contributed by atoms with van der Waals surface area (Å²) in [6, 6.07) is 24.3. The largest absolute Gasteiger partial charge is 2.00 e. The maximum absolute atomic E-state index is 5.83. The summed E-state index contributed by atoms with van der Waals surface area (Å²) in [5, 5.41) is 6.02. The van der Waals surface area contributed by atoms with Crippen LogP contribution in [0.1, 0.15) is 103 Å². The molecule has 2 fully saturated rings. The van der Waals surface area contributed by atoms with E-state index in [0.717, 1.165) is 11.5 Å². The Morgan fingerprint density at radius 3 is 1.15 bits per heavy atom. The topological polar surface area (TPSA) is 18.5 Å². The summed E-state index contributed by atoms with van der Waals surface area (Å²) in [6.07, 6.45) is 11.4. The molecule has 0 spiro atoms. The molecule has 53 heavy (non-hydrogen) atoms. The van der Waals surface area contributed by atoms with Crippen molar-refractivity contribution in [2.45, 2.75) is 125 Å². The summed E-state index contributed by atoms with van der Waals surface area (Å²) >= 11 is 0. The van der Waals surface area contributed by atoms with Crippen LogP contribution in [0.5, 0.6) is 11.5 Å². The van der Waals surface area contributed by atoms with Crippen LogP contribution in [-0.2, 0) is 17.1 Å². The van der Waals surface area contributed by atoms with Gasteiger partial charge >= 0.3 is 17.1 Å². The molecule has 0 aromatic heterocycles. The Labute approximate surface area is 338 Å². The molecule has 2 saturated carbocycles. The molecule has 0 radical (unpaired) electrons. The minimum atomic E-state index is -0.612. The Bertz CT molecular complexity index is 1570.